The van der Waals surface area contributed by atoms with Gasteiger partial charge in [-0.3, -0.25) is 0 Å². The second-order valence-corrected chi connectivity index (χ2v) is 14.1. The number of hydrogen-bond acceptors (Lipinski definition) is 3. The molecular formula is C25H33NO2Si. The van der Waals surface area contributed by atoms with Gasteiger partial charge in [0.15, 0.2) is 0 Å². The highest BCUT2D eigenvalue weighted by Crippen LogP contribution is 2.43. The predicted molar refractivity (Wildman–Crippen MR) is 127 cm³/mol. The fourth-order valence-corrected chi connectivity index (χ4v) is 4.36. The Morgan fingerprint density at radius 2 is 1.55 bits per heavy atom. The van der Waals surface area contributed by atoms with Gasteiger partial charge in [-0.25, -0.2) is 0 Å². The smallest absolute Gasteiger partial charge is 0.250 e. The zero-order valence-electron chi connectivity index (χ0n) is 18.7. The van der Waals surface area contributed by atoms with Crippen LogP contribution < -0.4 is 9.33 Å². The Hall–Kier alpha value is -2.30. The summed E-state index contributed by atoms with van der Waals surface area (Å²) in [5, 5.41) is 13.4. The van der Waals surface area contributed by atoms with E-state index < -0.39 is 14.4 Å². The molecule has 0 bridgehead atoms. The van der Waals surface area contributed by atoms with Crippen LogP contribution in [0.5, 0.6) is 5.75 Å². The van der Waals surface area contributed by atoms with Crippen molar-refractivity contribution >= 4 is 24.8 Å². The first-order valence-corrected chi connectivity index (χ1v) is 13.1. The van der Waals surface area contributed by atoms with Gasteiger partial charge in [-0.05, 0) is 41.4 Å². The molecule has 3 aromatic rings. The minimum Gasteiger partial charge on any atom is -0.543 e. The maximum absolute atomic E-state index is 11.2. The van der Waals surface area contributed by atoms with Gasteiger partial charge in [-0.1, -0.05) is 69.3 Å². The highest BCUT2D eigenvalue weighted by Gasteiger charge is 2.39. The zero-order chi connectivity index (χ0) is 21.4. The number of hydrogen-bond donors (Lipinski definition) is 1. The van der Waals surface area contributed by atoms with E-state index >= 15 is 0 Å². The van der Waals surface area contributed by atoms with Crippen LogP contribution in [-0.4, -0.2) is 27.5 Å². The molecule has 1 unspecified atom stereocenters. The summed E-state index contributed by atoms with van der Waals surface area (Å²) in [6, 6.07) is 20.1. The lowest BCUT2D eigenvalue weighted by Gasteiger charge is -2.37. The molecule has 0 aliphatic rings. The van der Waals surface area contributed by atoms with Crippen LogP contribution in [0, 0.1) is 0 Å². The summed E-state index contributed by atoms with van der Waals surface area (Å²) in [5.41, 5.74) is 2.87. The van der Waals surface area contributed by atoms with Crippen LogP contribution in [0.25, 0.3) is 10.8 Å². The summed E-state index contributed by atoms with van der Waals surface area (Å²) in [5.74, 6) is 0.902. The number of benzene rings is 3. The second-order valence-electron chi connectivity index (χ2n) is 9.42. The largest absolute Gasteiger partial charge is 0.543 e. The van der Waals surface area contributed by atoms with E-state index in [0.29, 0.717) is 0 Å². The third kappa shape index (κ3) is 4.19. The number of aliphatic hydroxyl groups is 1. The van der Waals surface area contributed by atoms with Gasteiger partial charge in [0, 0.05) is 30.6 Å². The molecule has 3 nitrogen and oxygen atoms in total. The second kappa shape index (κ2) is 7.85. The molecule has 29 heavy (non-hydrogen) atoms. The topological polar surface area (TPSA) is 32.7 Å². The summed E-state index contributed by atoms with van der Waals surface area (Å²) in [7, 11) is 2.08. The van der Waals surface area contributed by atoms with Crippen LogP contribution >= 0.6 is 0 Å². The van der Waals surface area contributed by atoms with E-state index in [0.717, 1.165) is 33.3 Å². The van der Waals surface area contributed by atoms with Gasteiger partial charge in [-0.15, -0.1) is 0 Å². The van der Waals surface area contributed by atoms with E-state index in [2.05, 4.69) is 57.0 Å². The van der Waals surface area contributed by atoms with Gasteiger partial charge in [0.1, 0.15) is 11.9 Å². The Kier molecular flexibility index (Phi) is 5.79. The minimum atomic E-state index is -1.99. The fourth-order valence-electron chi connectivity index (χ4n) is 3.32. The Bertz CT molecular complexity index is 991. The van der Waals surface area contributed by atoms with E-state index in [4.69, 9.17) is 4.43 Å². The summed E-state index contributed by atoms with van der Waals surface area (Å²) >= 11 is 0. The van der Waals surface area contributed by atoms with Crippen LogP contribution in [0.2, 0.25) is 18.1 Å². The average Bonchev–Trinajstić information content (AvgIpc) is 2.66. The van der Waals surface area contributed by atoms with Gasteiger partial charge in [0.25, 0.3) is 8.32 Å². The Labute approximate surface area is 176 Å². The molecule has 1 N–H and O–H groups in total. The molecular weight excluding hydrogens is 374 g/mol. The van der Waals surface area contributed by atoms with Gasteiger partial charge in [0.2, 0.25) is 0 Å². The van der Waals surface area contributed by atoms with Crippen molar-refractivity contribution in [3.63, 3.8) is 0 Å². The molecule has 0 heterocycles. The molecule has 0 fully saturated rings. The predicted octanol–water partition coefficient (Wildman–Crippen LogP) is 6.37. The first-order valence-electron chi connectivity index (χ1n) is 10.2. The first-order chi connectivity index (χ1) is 13.5. The summed E-state index contributed by atoms with van der Waals surface area (Å²) in [6.45, 7) is 11.3. The Balaban J connectivity index is 2.22. The molecule has 0 saturated carbocycles. The molecule has 1 atom stereocenters. The molecule has 0 aliphatic carbocycles. The van der Waals surface area contributed by atoms with Crippen molar-refractivity contribution in [1.29, 1.82) is 0 Å². The van der Waals surface area contributed by atoms with Gasteiger partial charge >= 0.3 is 0 Å². The molecule has 3 aromatic carbocycles. The van der Waals surface area contributed by atoms with Crippen molar-refractivity contribution in [2.75, 3.05) is 19.0 Å². The standard InChI is InChI=1S/C25H33NO2Si/c1-25(2,3)29(6,7)28-22-17-16-21(26(4)5)23-19(22)14-11-15-20(23)24(27)18-12-9-8-10-13-18/h8-17,24,27H,1-7H3. The maximum atomic E-state index is 11.2. The lowest BCUT2D eigenvalue weighted by molar-refractivity contribution is 0.222. The molecule has 0 spiro atoms. The van der Waals surface area contributed by atoms with Crippen LogP contribution in [0.3, 0.4) is 0 Å². The van der Waals surface area contributed by atoms with E-state index in [-0.39, 0.29) is 5.04 Å². The van der Waals surface area contributed by atoms with Crippen molar-refractivity contribution in [3.05, 3.63) is 71.8 Å². The van der Waals surface area contributed by atoms with Gasteiger partial charge in [-0.2, -0.15) is 0 Å². The number of rotatable bonds is 5. The highest BCUT2D eigenvalue weighted by molar-refractivity contribution is 6.74. The van der Waals surface area contributed by atoms with E-state index in [9.17, 15) is 5.11 Å². The average molecular weight is 408 g/mol. The summed E-state index contributed by atoms with van der Waals surface area (Å²) in [6.07, 6.45) is -0.693. The summed E-state index contributed by atoms with van der Waals surface area (Å²) in [4.78, 5) is 2.10. The van der Waals surface area contributed by atoms with Gasteiger partial charge < -0.3 is 14.4 Å². The molecule has 4 heteroatoms. The first kappa shape index (κ1) is 21.4. The van der Waals surface area contributed by atoms with Crippen molar-refractivity contribution in [2.45, 2.75) is 45.0 Å². The van der Waals surface area contributed by atoms with Crippen molar-refractivity contribution in [1.82, 2.24) is 0 Å². The third-order valence-electron chi connectivity index (χ3n) is 6.07. The van der Waals surface area contributed by atoms with E-state index in [1.807, 2.05) is 56.6 Å². The van der Waals surface area contributed by atoms with Crippen molar-refractivity contribution < 1.29 is 9.53 Å². The zero-order valence-corrected chi connectivity index (χ0v) is 19.7. The SMILES string of the molecule is CN(C)c1ccc(O[Si](C)(C)C(C)(C)C)c2cccc(C(O)c3ccccc3)c12. The number of aliphatic hydroxyl groups excluding tert-OH is 1. The molecule has 154 valence electrons. The lowest BCUT2D eigenvalue weighted by Crippen LogP contribution is -2.43. The van der Waals surface area contributed by atoms with Crippen LogP contribution in [0.15, 0.2) is 60.7 Å². The van der Waals surface area contributed by atoms with Crippen LogP contribution in [-0.2, 0) is 0 Å². The lowest BCUT2D eigenvalue weighted by atomic mass is 9.94. The van der Waals surface area contributed by atoms with Crippen molar-refractivity contribution in [2.24, 2.45) is 0 Å². The third-order valence-corrected chi connectivity index (χ3v) is 10.4. The fraction of sp³-hybridized carbons (Fsp3) is 0.360. The van der Waals surface area contributed by atoms with E-state index in [1.54, 1.807) is 0 Å². The monoisotopic (exact) mass is 407 g/mol. The molecule has 0 aromatic heterocycles. The number of fused-ring (bicyclic) bond motifs is 1. The summed E-state index contributed by atoms with van der Waals surface area (Å²) < 4.78 is 6.69. The number of anilines is 1. The van der Waals surface area contributed by atoms with Crippen LogP contribution in [0.4, 0.5) is 5.69 Å². The quantitative estimate of drug-likeness (QED) is 0.499. The van der Waals surface area contributed by atoms with E-state index in [1.165, 1.54) is 0 Å². The Morgan fingerprint density at radius 3 is 2.14 bits per heavy atom. The maximum Gasteiger partial charge on any atom is 0.250 e. The molecule has 0 aliphatic heterocycles. The minimum absolute atomic E-state index is 0.112. The molecule has 0 saturated heterocycles. The highest BCUT2D eigenvalue weighted by atomic mass is 28.4. The molecule has 0 amide bonds. The normalized spacial score (nSPS) is 13.4. The van der Waals surface area contributed by atoms with Crippen molar-refractivity contribution in [3.8, 4) is 5.75 Å². The van der Waals surface area contributed by atoms with Crippen LogP contribution in [0.1, 0.15) is 38.0 Å². The molecule has 0 radical (unpaired) electrons. The molecule has 3 rings (SSSR count). The van der Waals surface area contributed by atoms with Gasteiger partial charge in [0.05, 0.1) is 0 Å². The number of nitrogens with zero attached hydrogens (tertiary/aromatic N) is 1. The Morgan fingerprint density at radius 1 is 0.897 bits per heavy atom.